The number of rotatable bonds is 21. The van der Waals surface area contributed by atoms with Gasteiger partial charge in [0.1, 0.15) is 0 Å². The molecule has 0 amide bonds. The molecule has 1 atom stereocenters. The topological polar surface area (TPSA) is 37.3 Å². The van der Waals surface area contributed by atoms with Crippen molar-refractivity contribution in [2.75, 3.05) is 0 Å². The van der Waals surface area contributed by atoms with Crippen LogP contribution in [-0.4, -0.2) is 11.1 Å². The molecule has 0 bridgehead atoms. The predicted molar refractivity (Wildman–Crippen MR) is 115 cm³/mol. The van der Waals surface area contributed by atoms with E-state index in [9.17, 15) is 4.79 Å². The van der Waals surface area contributed by atoms with Gasteiger partial charge in [0.2, 0.25) is 0 Å². The summed E-state index contributed by atoms with van der Waals surface area (Å²) in [5.41, 5.74) is 0. The van der Waals surface area contributed by atoms with Gasteiger partial charge in [-0.2, -0.15) is 0 Å². The summed E-state index contributed by atoms with van der Waals surface area (Å²) in [6.07, 6.45) is 22.2. The van der Waals surface area contributed by atoms with E-state index in [-0.39, 0.29) is 6.42 Å². The zero-order valence-electron chi connectivity index (χ0n) is 20.3. The summed E-state index contributed by atoms with van der Waals surface area (Å²) in [7, 11) is 0. The molecule has 0 spiro atoms. The molecular weight excluding hydrogens is 320 g/mol. The third-order valence-electron chi connectivity index (χ3n) is 4.81. The van der Waals surface area contributed by atoms with Gasteiger partial charge in [0.05, 0.1) is 0 Å². The summed E-state index contributed by atoms with van der Waals surface area (Å²) < 4.78 is 22.7. The Morgan fingerprint density at radius 3 is 1.50 bits per heavy atom. The maximum Gasteiger partial charge on any atom is 0.303 e. The Bertz CT molecular complexity index is 411. The standard InChI is InChI=1S/C24H46O2/c1-2-3-4-5-6-7-8-9-10-11-12-13-14-15-16-17-18-19-20-21-22-23-24(25)26/h9-10H,2-8,11-23H2,1H3,(H,25,26)/b10-9-/i22D2,23D. The molecule has 0 radical (unpaired) electrons. The second-order valence-corrected chi connectivity index (χ2v) is 7.44. The van der Waals surface area contributed by atoms with Crippen molar-refractivity contribution >= 4 is 5.97 Å². The van der Waals surface area contributed by atoms with Crippen LogP contribution < -0.4 is 0 Å². The molecular formula is C24H46O2. The molecule has 0 aliphatic heterocycles. The second-order valence-electron chi connectivity index (χ2n) is 7.44. The van der Waals surface area contributed by atoms with Crippen molar-refractivity contribution in [3.63, 3.8) is 0 Å². The fourth-order valence-corrected chi connectivity index (χ4v) is 3.16. The zero-order chi connectivity index (χ0) is 21.8. The molecule has 0 rings (SSSR count). The van der Waals surface area contributed by atoms with Gasteiger partial charge in [0.25, 0.3) is 0 Å². The van der Waals surface area contributed by atoms with Crippen LogP contribution in [0, 0.1) is 0 Å². The minimum Gasteiger partial charge on any atom is -0.481 e. The number of carboxylic acid groups (broad SMARTS) is 1. The van der Waals surface area contributed by atoms with Gasteiger partial charge in [-0.15, -0.1) is 0 Å². The van der Waals surface area contributed by atoms with Crippen molar-refractivity contribution in [3.05, 3.63) is 12.2 Å². The van der Waals surface area contributed by atoms with Crippen molar-refractivity contribution in [3.8, 4) is 0 Å². The van der Waals surface area contributed by atoms with Gasteiger partial charge < -0.3 is 5.11 Å². The average molecular weight is 370 g/mol. The monoisotopic (exact) mass is 369 g/mol. The molecule has 26 heavy (non-hydrogen) atoms. The lowest BCUT2D eigenvalue weighted by Gasteiger charge is -2.02. The molecule has 0 aliphatic rings. The van der Waals surface area contributed by atoms with E-state index in [0.29, 0.717) is 6.42 Å². The van der Waals surface area contributed by atoms with Crippen LogP contribution in [0.15, 0.2) is 12.2 Å². The number of allylic oxidation sites excluding steroid dienone is 2. The zero-order valence-corrected chi connectivity index (χ0v) is 17.3. The third-order valence-corrected chi connectivity index (χ3v) is 4.81. The highest BCUT2D eigenvalue weighted by Crippen LogP contribution is 2.13. The van der Waals surface area contributed by atoms with Crippen LogP contribution in [0.25, 0.3) is 0 Å². The number of hydrogen-bond acceptors (Lipinski definition) is 1. The molecule has 0 aromatic carbocycles. The largest absolute Gasteiger partial charge is 0.481 e. The highest BCUT2D eigenvalue weighted by molar-refractivity contribution is 5.66. The Hall–Kier alpha value is -0.790. The van der Waals surface area contributed by atoms with Gasteiger partial charge in [-0.1, -0.05) is 109 Å². The molecule has 0 saturated heterocycles. The van der Waals surface area contributed by atoms with E-state index >= 15 is 0 Å². The van der Waals surface area contributed by atoms with Crippen LogP contribution in [0.5, 0.6) is 0 Å². The molecule has 0 aliphatic carbocycles. The first-order valence-electron chi connectivity index (χ1n) is 12.8. The number of carbonyl (C=O) groups is 1. The third kappa shape index (κ3) is 23.2. The summed E-state index contributed by atoms with van der Waals surface area (Å²) >= 11 is 0. The van der Waals surface area contributed by atoms with E-state index in [1.54, 1.807) is 0 Å². The van der Waals surface area contributed by atoms with Crippen molar-refractivity contribution in [2.24, 2.45) is 0 Å². The van der Waals surface area contributed by atoms with Crippen LogP contribution in [0.2, 0.25) is 0 Å². The van der Waals surface area contributed by atoms with Gasteiger partial charge in [-0.25, -0.2) is 0 Å². The molecule has 0 aromatic rings. The Balaban J connectivity index is 3.32. The number of hydrogen-bond donors (Lipinski definition) is 1. The molecule has 0 heterocycles. The number of carboxylic acids is 1. The summed E-state index contributed by atoms with van der Waals surface area (Å²) in [4.78, 5) is 10.7. The fraction of sp³-hybridized carbons (Fsp3) is 0.875. The van der Waals surface area contributed by atoms with Gasteiger partial charge in [0, 0.05) is 10.5 Å². The minimum atomic E-state index is -1.92. The van der Waals surface area contributed by atoms with Crippen LogP contribution in [0.4, 0.5) is 0 Å². The van der Waals surface area contributed by atoms with E-state index in [0.717, 1.165) is 12.8 Å². The van der Waals surface area contributed by atoms with Crippen LogP contribution in [0.1, 0.15) is 139 Å². The molecule has 0 aromatic heterocycles. The molecule has 154 valence electrons. The maximum absolute atomic E-state index is 10.7. The molecule has 2 heteroatoms. The van der Waals surface area contributed by atoms with Crippen LogP contribution in [0.3, 0.4) is 0 Å². The lowest BCUT2D eigenvalue weighted by Crippen LogP contribution is -1.93. The first-order valence-corrected chi connectivity index (χ1v) is 11.2. The molecule has 0 saturated carbocycles. The Morgan fingerprint density at radius 2 is 1.08 bits per heavy atom. The van der Waals surface area contributed by atoms with E-state index in [4.69, 9.17) is 9.22 Å². The highest BCUT2D eigenvalue weighted by Gasteiger charge is 1.97. The first kappa shape index (κ1) is 20.0. The van der Waals surface area contributed by atoms with Gasteiger partial charge in [-0.05, 0) is 32.1 Å². The minimum absolute atomic E-state index is 0.167. The van der Waals surface area contributed by atoms with Crippen molar-refractivity contribution in [2.45, 2.75) is 135 Å². The van der Waals surface area contributed by atoms with Gasteiger partial charge in [-0.3, -0.25) is 4.79 Å². The molecule has 0 fully saturated rings. The molecule has 1 N–H and O–H groups in total. The van der Waals surface area contributed by atoms with E-state index in [1.807, 2.05) is 0 Å². The van der Waals surface area contributed by atoms with E-state index in [2.05, 4.69) is 19.1 Å². The normalized spacial score (nSPS) is 14.9. The average Bonchev–Trinajstić information content (AvgIpc) is 2.69. The summed E-state index contributed by atoms with van der Waals surface area (Å²) in [5.74, 6) is -1.37. The lowest BCUT2D eigenvalue weighted by atomic mass is 10.0. The first-order chi connectivity index (χ1) is 13.9. The Labute approximate surface area is 168 Å². The smallest absolute Gasteiger partial charge is 0.303 e. The van der Waals surface area contributed by atoms with Crippen LogP contribution >= 0.6 is 0 Å². The van der Waals surface area contributed by atoms with Crippen molar-refractivity contribution in [1.29, 1.82) is 0 Å². The summed E-state index contributed by atoms with van der Waals surface area (Å²) in [6.45, 7) is 2.26. The van der Waals surface area contributed by atoms with Crippen LogP contribution in [-0.2, 0) is 4.79 Å². The fourth-order valence-electron chi connectivity index (χ4n) is 3.16. The Morgan fingerprint density at radius 1 is 0.692 bits per heavy atom. The predicted octanol–water partition coefficient (Wildman–Crippen LogP) is 8.45. The van der Waals surface area contributed by atoms with Gasteiger partial charge in [0.15, 0.2) is 0 Å². The van der Waals surface area contributed by atoms with E-state index < -0.39 is 18.7 Å². The van der Waals surface area contributed by atoms with Crippen molar-refractivity contribution in [1.82, 2.24) is 0 Å². The quantitative estimate of drug-likeness (QED) is 0.163. The maximum atomic E-state index is 10.7. The number of unbranched alkanes of at least 4 members (excludes halogenated alkanes) is 15. The number of aliphatic carboxylic acids is 1. The molecule has 2 nitrogen and oxygen atoms in total. The van der Waals surface area contributed by atoms with E-state index in [1.165, 1.54) is 89.9 Å². The second kappa shape index (κ2) is 22.3. The lowest BCUT2D eigenvalue weighted by molar-refractivity contribution is -0.137. The Kier molecular flexibility index (Phi) is 17.1. The summed E-state index contributed by atoms with van der Waals surface area (Å²) in [6, 6.07) is 0. The van der Waals surface area contributed by atoms with Gasteiger partial charge >= 0.3 is 5.97 Å². The SMILES string of the molecule is [2H]C(C(=O)O)C([2H])([2H])CCCCCCCCCCC/C=C\CCCCCCCC. The summed E-state index contributed by atoms with van der Waals surface area (Å²) in [5, 5.41) is 8.75. The molecule has 1 unspecified atom stereocenters. The highest BCUT2D eigenvalue weighted by atomic mass is 16.4. The van der Waals surface area contributed by atoms with Crippen molar-refractivity contribution < 1.29 is 14.0 Å².